The zero-order chi connectivity index (χ0) is 23.4. The molecule has 3 aromatic rings. The normalized spacial score (nSPS) is 12.7. The molecule has 1 heterocycles. The second kappa shape index (κ2) is 9.53. The van der Waals surface area contributed by atoms with Crippen LogP contribution >= 0.6 is 0 Å². The number of nitrogens with one attached hydrogen (secondary N) is 2. The monoisotopic (exact) mass is 468 g/mol. The third-order valence-corrected chi connectivity index (χ3v) is 6.43. The molecule has 0 bridgehead atoms. The first-order valence-electron chi connectivity index (χ1n) is 9.97. The van der Waals surface area contributed by atoms with E-state index in [0.29, 0.717) is 11.2 Å². The van der Waals surface area contributed by atoms with Gasteiger partial charge in [0.05, 0.1) is 19.4 Å². The number of amides is 1. The number of methoxy groups -OCH3 is 1. The van der Waals surface area contributed by atoms with Gasteiger partial charge in [0.1, 0.15) is 17.3 Å². The molecule has 0 spiro atoms. The number of hydrogen-bond donors (Lipinski definition) is 3. The van der Waals surface area contributed by atoms with E-state index in [1.807, 2.05) is 18.2 Å². The summed E-state index contributed by atoms with van der Waals surface area (Å²) in [6.45, 7) is 0.275. The molecule has 1 aliphatic rings. The Hall–Kier alpha value is -3.54. The maximum Gasteiger partial charge on any atom is 0.491 e. The van der Waals surface area contributed by atoms with Gasteiger partial charge in [-0.2, -0.15) is 0 Å². The van der Waals surface area contributed by atoms with Crippen molar-refractivity contribution in [2.75, 3.05) is 17.1 Å². The van der Waals surface area contributed by atoms with E-state index >= 15 is 0 Å². The zero-order valence-electron chi connectivity index (χ0n) is 17.6. The molecule has 11 heteroatoms. The number of ether oxygens (including phenoxy) is 2. The molecule has 0 saturated carbocycles. The van der Waals surface area contributed by atoms with E-state index in [1.165, 1.54) is 31.4 Å². The smallest absolute Gasteiger partial charge is 0.491 e. The molecule has 33 heavy (non-hydrogen) atoms. The maximum absolute atomic E-state index is 13.1. The van der Waals surface area contributed by atoms with Gasteiger partial charge >= 0.3 is 13.2 Å². The van der Waals surface area contributed by atoms with E-state index in [1.54, 1.807) is 24.3 Å². The van der Waals surface area contributed by atoms with E-state index in [-0.39, 0.29) is 29.5 Å². The van der Waals surface area contributed by atoms with Crippen molar-refractivity contribution in [3.05, 3.63) is 77.9 Å². The van der Waals surface area contributed by atoms with E-state index in [2.05, 4.69) is 10.0 Å². The molecule has 4 rings (SSSR count). The van der Waals surface area contributed by atoms with Crippen LogP contribution in [0.15, 0.2) is 71.6 Å². The molecule has 0 fully saturated rings. The topological polar surface area (TPSA) is 123 Å². The molecule has 0 aromatic heterocycles. The molecule has 170 valence electrons. The highest BCUT2D eigenvalue weighted by molar-refractivity contribution is 7.92. The van der Waals surface area contributed by atoms with Gasteiger partial charge in [-0.05, 0) is 40.9 Å². The number of rotatable bonds is 7. The standard InChI is InChI=1S/C22H21BN2O7S/c1-30-18-9-10-21(20(12-18)24-22(26)31-13-15-5-3-2-4-6-15)33(28,29)25-17-8-7-16-14-32-23(27)19(16)11-17/h2-12,25,27H,13-14H2,1H3,(H,24,26). The Labute approximate surface area is 191 Å². The number of carbonyl (C=O) groups is 1. The van der Waals surface area contributed by atoms with Crippen molar-refractivity contribution in [2.45, 2.75) is 18.1 Å². The molecular formula is C22H21BN2O7S. The number of sulfonamides is 1. The van der Waals surface area contributed by atoms with Crippen LogP contribution in [-0.2, 0) is 32.6 Å². The van der Waals surface area contributed by atoms with Gasteiger partial charge < -0.3 is 19.2 Å². The molecule has 0 radical (unpaired) electrons. The maximum atomic E-state index is 13.1. The van der Waals surface area contributed by atoms with Crippen LogP contribution in [-0.4, -0.2) is 33.8 Å². The molecule has 0 aliphatic carbocycles. The summed E-state index contributed by atoms with van der Waals surface area (Å²) in [5.74, 6) is 0.352. The lowest BCUT2D eigenvalue weighted by atomic mass is 9.79. The van der Waals surface area contributed by atoms with Gasteiger partial charge in [-0.1, -0.05) is 36.4 Å². The van der Waals surface area contributed by atoms with Crippen molar-refractivity contribution < 1.29 is 32.4 Å². The number of anilines is 2. The van der Waals surface area contributed by atoms with Crippen molar-refractivity contribution in [2.24, 2.45) is 0 Å². The Morgan fingerprint density at radius 1 is 1.12 bits per heavy atom. The largest absolute Gasteiger partial charge is 0.497 e. The van der Waals surface area contributed by atoms with Crippen LogP contribution in [0, 0.1) is 0 Å². The van der Waals surface area contributed by atoms with Gasteiger partial charge in [0.2, 0.25) is 0 Å². The SMILES string of the molecule is COc1ccc(S(=O)(=O)Nc2ccc3c(c2)B(O)OC3)c(NC(=O)OCc2ccccc2)c1. The summed E-state index contributed by atoms with van der Waals surface area (Å²) in [4.78, 5) is 12.2. The number of benzene rings is 3. The molecule has 0 saturated heterocycles. The molecule has 1 aliphatic heterocycles. The van der Waals surface area contributed by atoms with Crippen LogP contribution in [0.5, 0.6) is 5.75 Å². The minimum absolute atomic E-state index is 0.00978. The fourth-order valence-electron chi connectivity index (χ4n) is 3.33. The molecule has 1 amide bonds. The Bertz CT molecular complexity index is 1270. The summed E-state index contributed by atoms with van der Waals surface area (Å²) in [6.07, 6.45) is -0.818. The summed E-state index contributed by atoms with van der Waals surface area (Å²) >= 11 is 0. The minimum Gasteiger partial charge on any atom is -0.497 e. The van der Waals surface area contributed by atoms with Crippen LogP contribution in [0.4, 0.5) is 16.2 Å². The van der Waals surface area contributed by atoms with Crippen molar-refractivity contribution in [1.82, 2.24) is 0 Å². The molecule has 0 atom stereocenters. The summed E-state index contributed by atoms with van der Waals surface area (Å²) in [5, 5.41) is 12.4. The average molecular weight is 468 g/mol. The van der Waals surface area contributed by atoms with Gasteiger partial charge in [-0.15, -0.1) is 0 Å². The highest BCUT2D eigenvalue weighted by atomic mass is 32.2. The van der Waals surface area contributed by atoms with Gasteiger partial charge in [0.15, 0.2) is 0 Å². The first kappa shape index (κ1) is 22.7. The lowest BCUT2D eigenvalue weighted by molar-refractivity contribution is 0.155. The van der Waals surface area contributed by atoms with Crippen LogP contribution in [0.2, 0.25) is 0 Å². The minimum atomic E-state index is -4.11. The molecular weight excluding hydrogens is 447 g/mol. The molecule has 0 unspecified atom stereocenters. The Balaban J connectivity index is 1.55. The Kier molecular flexibility index (Phi) is 6.54. The van der Waals surface area contributed by atoms with E-state index in [4.69, 9.17) is 14.1 Å². The molecule has 9 nitrogen and oxygen atoms in total. The quantitative estimate of drug-likeness (QED) is 0.456. The third kappa shape index (κ3) is 5.28. The number of carbonyl (C=O) groups excluding carboxylic acids is 1. The summed E-state index contributed by atoms with van der Waals surface area (Å²) in [7, 11) is -3.80. The highest BCUT2D eigenvalue weighted by Gasteiger charge is 2.28. The van der Waals surface area contributed by atoms with Gasteiger partial charge in [0, 0.05) is 11.8 Å². The average Bonchev–Trinajstić information content (AvgIpc) is 3.18. The van der Waals surface area contributed by atoms with Crippen LogP contribution in [0.25, 0.3) is 0 Å². The summed E-state index contributed by atoms with van der Waals surface area (Å²) in [6, 6.07) is 18.0. The van der Waals surface area contributed by atoms with E-state index < -0.39 is 23.2 Å². The van der Waals surface area contributed by atoms with Crippen LogP contribution in [0.3, 0.4) is 0 Å². The summed E-state index contributed by atoms with van der Waals surface area (Å²) < 4.78 is 44.2. The Morgan fingerprint density at radius 3 is 2.67 bits per heavy atom. The van der Waals surface area contributed by atoms with Crippen molar-refractivity contribution in [1.29, 1.82) is 0 Å². The van der Waals surface area contributed by atoms with Crippen molar-refractivity contribution in [3.63, 3.8) is 0 Å². The van der Waals surface area contributed by atoms with Crippen LogP contribution in [0.1, 0.15) is 11.1 Å². The second-order valence-electron chi connectivity index (χ2n) is 7.23. The Morgan fingerprint density at radius 2 is 1.91 bits per heavy atom. The number of fused-ring (bicyclic) bond motifs is 1. The fourth-order valence-corrected chi connectivity index (χ4v) is 4.52. The fraction of sp³-hybridized carbons (Fsp3) is 0.136. The third-order valence-electron chi connectivity index (χ3n) is 4.99. The lowest BCUT2D eigenvalue weighted by Gasteiger charge is -2.15. The van der Waals surface area contributed by atoms with Gasteiger partial charge in [0.25, 0.3) is 10.0 Å². The molecule has 3 aromatic carbocycles. The first-order valence-corrected chi connectivity index (χ1v) is 11.4. The van der Waals surface area contributed by atoms with Crippen molar-refractivity contribution in [3.8, 4) is 5.75 Å². The molecule has 3 N–H and O–H groups in total. The van der Waals surface area contributed by atoms with Crippen LogP contribution < -0.4 is 20.2 Å². The lowest BCUT2D eigenvalue weighted by Crippen LogP contribution is -2.28. The highest BCUT2D eigenvalue weighted by Crippen LogP contribution is 2.29. The van der Waals surface area contributed by atoms with E-state index in [0.717, 1.165) is 11.1 Å². The first-order chi connectivity index (χ1) is 15.9. The zero-order valence-corrected chi connectivity index (χ0v) is 18.5. The summed E-state index contributed by atoms with van der Waals surface area (Å²) in [5.41, 5.74) is 2.29. The second-order valence-corrected chi connectivity index (χ2v) is 8.88. The predicted molar refractivity (Wildman–Crippen MR) is 123 cm³/mol. The van der Waals surface area contributed by atoms with Crippen molar-refractivity contribution >= 4 is 40.1 Å². The predicted octanol–water partition coefficient (Wildman–Crippen LogP) is 2.46. The van der Waals surface area contributed by atoms with E-state index in [9.17, 15) is 18.2 Å². The number of hydrogen-bond acceptors (Lipinski definition) is 7. The van der Waals surface area contributed by atoms with Gasteiger partial charge in [-0.3, -0.25) is 10.0 Å². The van der Waals surface area contributed by atoms with Gasteiger partial charge in [-0.25, -0.2) is 13.2 Å².